The predicted molar refractivity (Wildman–Crippen MR) is 117 cm³/mol. The first kappa shape index (κ1) is 20.7. The minimum atomic E-state index is -0.622. The number of nitrogens with zero attached hydrogens (tertiary/aromatic N) is 3. The topological polar surface area (TPSA) is 99.3 Å². The zero-order valence-electron chi connectivity index (χ0n) is 16.9. The number of nitro benzene ring substituents is 1. The zero-order chi connectivity index (χ0) is 22.7. The molecule has 0 bridgehead atoms. The van der Waals surface area contributed by atoms with Gasteiger partial charge in [-0.25, -0.2) is 9.07 Å². The number of non-ortho nitro benzene ring substituents is 1. The lowest BCUT2D eigenvalue weighted by molar-refractivity contribution is -0.384. The highest BCUT2D eigenvalue weighted by atomic mass is 19.1. The molecule has 0 spiro atoms. The first-order chi connectivity index (χ1) is 15.5. The highest BCUT2D eigenvalue weighted by Gasteiger charge is 2.20. The van der Waals surface area contributed by atoms with Crippen molar-refractivity contribution in [2.24, 2.45) is 0 Å². The Hall–Kier alpha value is -4.53. The van der Waals surface area contributed by atoms with Crippen LogP contribution < -0.4 is 10.1 Å². The van der Waals surface area contributed by atoms with Gasteiger partial charge in [0.25, 0.3) is 11.6 Å². The number of carbonyl (C=O) groups is 1. The number of hydrogen-bond acceptors (Lipinski definition) is 5. The molecular formula is C23H17FN4O4. The van der Waals surface area contributed by atoms with Crippen molar-refractivity contribution >= 4 is 17.3 Å². The molecule has 3 aromatic carbocycles. The van der Waals surface area contributed by atoms with Crippen LogP contribution >= 0.6 is 0 Å². The molecule has 0 saturated heterocycles. The molecule has 0 aliphatic rings. The van der Waals surface area contributed by atoms with Crippen LogP contribution in [-0.2, 0) is 0 Å². The van der Waals surface area contributed by atoms with Gasteiger partial charge in [-0.2, -0.15) is 5.10 Å². The third kappa shape index (κ3) is 4.17. The third-order valence-electron chi connectivity index (χ3n) is 4.71. The molecule has 0 atom stereocenters. The number of halogens is 1. The minimum Gasteiger partial charge on any atom is -0.497 e. The second-order valence-corrected chi connectivity index (χ2v) is 6.77. The molecule has 1 N–H and O–H groups in total. The maximum Gasteiger partial charge on any atom is 0.274 e. The van der Waals surface area contributed by atoms with Gasteiger partial charge in [-0.15, -0.1) is 0 Å². The van der Waals surface area contributed by atoms with Crippen LogP contribution in [0.5, 0.6) is 5.75 Å². The number of aromatic nitrogens is 2. The van der Waals surface area contributed by atoms with E-state index in [2.05, 4.69) is 10.4 Å². The Balaban J connectivity index is 1.82. The number of amides is 1. The molecule has 0 fully saturated rings. The van der Waals surface area contributed by atoms with Crippen molar-refractivity contribution in [3.63, 3.8) is 0 Å². The standard InChI is InChI=1S/C23H17FN4O4/c1-32-18-9-4-6-15(12-18)21-14-22(23(29)25-20-11-3-2-10-19(20)24)27(26-21)16-7-5-8-17(13-16)28(30)31/h2-14H,1H3,(H,25,29). The Labute approximate surface area is 182 Å². The van der Waals surface area contributed by atoms with Crippen molar-refractivity contribution in [3.8, 4) is 22.7 Å². The summed E-state index contributed by atoms with van der Waals surface area (Å²) in [6, 6.07) is 20.1. The Bertz CT molecular complexity index is 1320. The minimum absolute atomic E-state index is 0.00669. The number of nitro groups is 1. The Kier molecular flexibility index (Phi) is 5.63. The molecule has 0 unspecified atom stereocenters. The molecule has 0 radical (unpaired) electrons. The predicted octanol–water partition coefficient (Wildman–Crippen LogP) is 4.85. The molecular weight excluding hydrogens is 415 g/mol. The van der Waals surface area contributed by atoms with Crippen LogP contribution in [0.15, 0.2) is 78.9 Å². The van der Waals surface area contributed by atoms with E-state index in [4.69, 9.17) is 4.74 Å². The first-order valence-electron chi connectivity index (χ1n) is 9.51. The van der Waals surface area contributed by atoms with Gasteiger partial charge in [0.15, 0.2) is 0 Å². The van der Waals surface area contributed by atoms with Crippen LogP contribution in [0.3, 0.4) is 0 Å². The summed E-state index contributed by atoms with van der Waals surface area (Å²) in [5.74, 6) is -0.608. The van der Waals surface area contributed by atoms with Gasteiger partial charge in [-0.1, -0.05) is 30.3 Å². The Morgan fingerprint density at radius 3 is 2.59 bits per heavy atom. The number of benzene rings is 3. The summed E-state index contributed by atoms with van der Waals surface area (Å²) < 4.78 is 20.6. The van der Waals surface area contributed by atoms with E-state index in [1.165, 1.54) is 54.3 Å². The van der Waals surface area contributed by atoms with Gasteiger partial charge in [0.1, 0.15) is 17.3 Å². The molecule has 4 aromatic rings. The molecule has 160 valence electrons. The fraction of sp³-hybridized carbons (Fsp3) is 0.0435. The molecule has 0 aliphatic carbocycles. The summed E-state index contributed by atoms with van der Waals surface area (Å²) in [6.45, 7) is 0. The van der Waals surface area contributed by atoms with Crippen molar-refractivity contribution in [2.75, 3.05) is 12.4 Å². The smallest absolute Gasteiger partial charge is 0.274 e. The van der Waals surface area contributed by atoms with Gasteiger partial charge in [-0.3, -0.25) is 14.9 Å². The number of carbonyl (C=O) groups excluding carboxylic acids is 1. The van der Waals surface area contributed by atoms with Crippen LogP contribution in [0.4, 0.5) is 15.8 Å². The van der Waals surface area contributed by atoms with Gasteiger partial charge < -0.3 is 10.1 Å². The van der Waals surface area contributed by atoms with Crippen molar-refractivity contribution in [1.29, 1.82) is 0 Å². The van der Waals surface area contributed by atoms with E-state index in [9.17, 15) is 19.3 Å². The van der Waals surface area contributed by atoms with Gasteiger partial charge in [0, 0.05) is 17.7 Å². The van der Waals surface area contributed by atoms with E-state index in [1.807, 2.05) is 0 Å². The highest BCUT2D eigenvalue weighted by Crippen LogP contribution is 2.27. The molecule has 4 rings (SSSR count). The van der Waals surface area contributed by atoms with E-state index >= 15 is 0 Å². The SMILES string of the molecule is COc1cccc(-c2cc(C(=O)Nc3ccccc3F)n(-c3cccc([N+](=O)[O-])c3)n2)c1. The number of nitrogens with one attached hydrogen (secondary N) is 1. The number of rotatable bonds is 6. The fourth-order valence-electron chi connectivity index (χ4n) is 3.15. The Morgan fingerprint density at radius 2 is 1.84 bits per heavy atom. The van der Waals surface area contributed by atoms with Crippen molar-refractivity contribution in [2.45, 2.75) is 0 Å². The lowest BCUT2D eigenvalue weighted by atomic mass is 10.1. The molecule has 8 nitrogen and oxygen atoms in total. The number of methoxy groups -OCH3 is 1. The second kappa shape index (κ2) is 8.68. The van der Waals surface area contributed by atoms with Crippen LogP contribution in [-0.4, -0.2) is 27.7 Å². The molecule has 0 aliphatic heterocycles. The quantitative estimate of drug-likeness (QED) is 0.347. The van der Waals surface area contributed by atoms with Gasteiger partial charge in [0.05, 0.1) is 29.1 Å². The molecule has 1 heterocycles. The van der Waals surface area contributed by atoms with E-state index in [1.54, 1.807) is 36.4 Å². The molecule has 1 amide bonds. The lowest BCUT2D eigenvalue weighted by Gasteiger charge is -2.09. The highest BCUT2D eigenvalue weighted by molar-refractivity contribution is 6.04. The van der Waals surface area contributed by atoms with E-state index in [0.717, 1.165) is 0 Å². The Morgan fingerprint density at radius 1 is 1.06 bits per heavy atom. The van der Waals surface area contributed by atoms with Gasteiger partial charge in [0.2, 0.25) is 0 Å². The van der Waals surface area contributed by atoms with Crippen molar-refractivity contribution in [3.05, 3.63) is 100 Å². The summed E-state index contributed by atoms with van der Waals surface area (Å²) >= 11 is 0. The monoisotopic (exact) mass is 432 g/mol. The van der Waals surface area contributed by atoms with E-state index in [-0.39, 0.29) is 17.1 Å². The summed E-state index contributed by atoms with van der Waals surface area (Å²) in [6.07, 6.45) is 0. The average molecular weight is 432 g/mol. The van der Waals surface area contributed by atoms with Crippen LogP contribution in [0, 0.1) is 15.9 Å². The molecule has 9 heteroatoms. The lowest BCUT2D eigenvalue weighted by Crippen LogP contribution is -2.17. The summed E-state index contributed by atoms with van der Waals surface area (Å²) in [5, 5.41) is 18.2. The second-order valence-electron chi connectivity index (χ2n) is 6.77. The maximum atomic E-state index is 14.1. The van der Waals surface area contributed by atoms with E-state index < -0.39 is 16.6 Å². The fourth-order valence-corrected chi connectivity index (χ4v) is 3.15. The summed E-state index contributed by atoms with van der Waals surface area (Å²) in [4.78, 5) is 23.7. The average Bonchev–Trinajstić information content (AvgIpc) is 3.26. The molecule has 1 aromatic heterocycles. The first-order valence-corrected chi connectivity index (χ1v) is 9.51. The van der Waals surface area contributed by atoms with Crippen molar-refractivity contribution in [1.82, 2.24) is 9.78 Å². The summed E-state index contributed by atoms with van der Waals surface area (Å²) in [7, 11) is 1.54. The van der Waals surface area contributed by atoms with Gasteiger partial charge >= 0.3 is 0 Å². The number of ether oxygens (including phenoxy) is 1. The van der Waals surface area contributed by atoms with Crippen LogP contribution in [0.1, 0.15) is 10.5 Å². The largest absolute Gasteiger partial charge is 0.497 e. The van der Waals surface area contributed by atoms with E-state index in [0.29, 0.717) is 22.7 Å². The third-order valence-corrected chi connectivity index (χ3v) is 4.71. The number of para-hydroxylation sites is 1. The normalized spacial score (nSPS) is 10.6. The zero-order valence-corrected chi connectivity index (χ0v) is 16.9. The van der Waals surface area contributed by atoms with Crippen LogP contribution in [0.25, 0.3) is 16.9 Å². The van der Waals surface area contributed by atoms with Crippen LogP contribution in [0.2, 0.25) is 0 Å². The maximum absolute atomic E-state index is 14.1. The van der Waals surface area contributed by atoms with Crippen molar-refractivity contribution < 1.29 is 18.8 Å². The summed E-state index contributed by atoms with van der Waals surface area (Å²) in [5.41, 5.74) is 1.36. The number of anilines is 1. The van der Waals surface area contributed by atoms with Gasteiger partial charge in [-0.05, 0) is 36.4 Å². The molecule has 0 saturated carbocycles. The molecule has 32 heavy (non-hydrogen) atoms. The number of hydrogen-bond donors (Lipinski definition) is 1.